The monoisotopic (exact) mass is 447 g/mol. The molecular formula is C27H37N5O. The molecule has 1 saturated heterocycles. The summed E-state index contributed by atoms with van der Waals surface area (Å²) in [5.74, 6) is 0.0308. The number of rotatable bonds is 6. The van der Waals surface area contributed by atoms with Gasteiger partial charge in [-0.1, -0.05) is 12.1 Å². The smallest absolute Gasteiger partial charge is 0.224 e. The van der Waals surface area contributed by atoms with Gasteiger partial charge in [-0.05, 0) is 103 Å². The average molecular weight is 448 g/mol. The highest BCUT2D eigenvalue weighted by Gasteiger charge is 2.23. The van der Waals surface area contributed by atoms with Gasteiger partial charge < -0.3 is 5.32 Å². The summed E-state index contributed by atoms with van der Waals surface area (Å²) in [6, 6.07) is 8.26. The van der Waals surface area contributed by atoms with Crippen LogP contribution in [0.5, 0.6) is 0 Å². The Morgan fingerprint density at radius 2 is 1.70 bits per heavy atom. The molecule has 3 aromatic rings. The number of anilines is 1. The van der Waals surface area contributed by atoms with Gasteiger partial charge in [0.05, 0.1) is 11.2 Å². The van der Waals surface area contributed by atoms with Gasteiger partial charge in [-0.3, -0.25) is 9.69 Å². The number of nitrogens with one attached hydrogen (secondary N) is 1. The molecule has 33 heavy (non-hydrogen) atoms. The third kappa shape index (κ3) is 5.11. The molecule has 6 heteroatoms. The van der Waals surface area contributed by atoms with Crippen LogP contribution in [0.4, 0.5) is 5.69 Å². The second kappa shape index (κ2) is 9.26. The van der Waals surface area contributed by atoms with Crippen molar-refractivity contribution in [2.75, 3.05) is 18.4 Å². The summed E-state index contributed by atoms with van der Waals surface area (Å²) in [6.45, 7) is 16.0. The number of fused-ring (bicyclic) bond motifs is 1. The minimum Gasteiger partial charge on any atom is -0.326 e. The van der Waals surface area contributed by atoms with Crippen molar-refractivity contribution in [3.63, 3.8) is 0 Å². The molecule has 3 heterocycles. The molecule has 6 nitrogen and oxygen atoms in total. The average Bonchev–Trinajstić information content (AvgIpc) is 3.36. The Balaban J connectivity index is 1.42. The molecule has 0 atom stereocenters. The third-order valence-electron chi connectivity index (χ3n) is 6.65. The molecule has 0 saturated carbocycles. The lowest BCUT2D eigenvalue weighted by Gasteiger charge is -2.20. The molecule has 1 aliphatic rings. The number of aryl methyl sites for hydroxylation is 3. The lowest BCUT2D eigenvalue weighted by Crippen LogP contribution is -2.23. The fourth-order valence-electron chi connectivity index (χ4n) is 4.90. The van der Waals surface area contributed by atoms with Crippen molar-refractivity contribution in [1.82, 2.24) is 19.7 Å². The topological polar surface area (TPSA) is 63.1 Å². The van der Waals surface area contributed by atoms with Gasteiger partial charge in [0.2, 0.25) is 5.91 Å². The zero-order valence-corrected chi connectivity index (χ0v) is 21.0. The summed E-state index contributed by atoms with van der Waals surface area (Å²) >= 11 is 0. The summed E-state index contributed by atoms with van der Waals surface area (Å²) in [5.41, 5.74) is 7.25. The van der Waals surface area contributed by atoms with Crippen molar-refractivity contribution in [3.8, 4) is 0 Å². The summed E-state index contributed by atoms with van der Waals surface area (Å²) in [4.78, 5) is 20.1. The molecule has 1 fully saturated rings. The Bertz CT molecular complexity index is 1150. The Hall–Kier alpha value is -2.73. The lowest BCUT2D eigenvalue weighted by atomic mass is 9.99. The maximum atomic E-state index is 12.7. The van der Waals surface area contributed by atoms with Crippen molar-refractivity contribution < 1.29 is 4.79 Å². The highest BCUT2D eigenvalue weighted by atomic mass is 16.1. The van der Waals surface area contributed by atoms with Gasteiger partial charge in [0.15, 0.2) is 5.65 Å². The zero-order valence-electron chi connectivity index (χ0n) is 21.0. The minimum atomic E-state index is -0.135. The SMILES string of the molecule is Cc1nc2c(c(C)nn2C(C)(C)C)c(C)c1CCC(=O)Nc1ccc(CN2CCCC2)cc1. The number of amides is 1. The van der Waals surface area contributed by atoms with E-state index in [2.05, 4.69) is 50.0 Å². The van der Waals surface area contributed by atoms with Gasteiger partial charge >= 0.3 is 0 Å². The van der Waals surface area contributed by atoms with Crippen molar-refractivity contribution >= 4 is 22.6 Å². The van der Waals surface area contributed by atoms with Crippen LogP contribution in [0.15, 0.2) is 24.3 Å². The maximum Gasteiger partial charge on any atom is 0.224 e. The quantitative estimate of drug-likeness (QED) is 0.558. The second-order valence-corrected chi connectivity index (χ2v) is 10.4. The van der Waals surface area contributed by atoms with Gasteiger partial charge in [0, 0.05) is 29.7 Å². The Morgan fingerprint density at radius 3 is 2.33 bits per heavy atom. The van der Waals surface area contributed by atoms with E-state index in [0.29, 0.717) is 12.8 Å². The number of hydrogen-bond donors (Lipinski definition) is 1. The lowest BCUT2D eigenvalue weighted by molar-refractivity contribution is -0.116. The van der Waals surface area contributed by atoms with Crippen LogP contribution in [-0.4, -0.2) is 38.7 Å². The Labute approximate surface area is 197 Å². The predicted octanol–water partition coefficient (Wildman–Crippen LogP) is 5.28. The van der Waals surface area contributed by atoms with Crippen LogP contribution in [0, 0.1) is 20.8 Å². The molecule has 0 radical (unpaired) electrons. The molecule has 0 bridgehead atoms. The Kier molecular flexibility index (Phi) is 6.57. The third-order valence-corrected chi connectivity index (χ3v) is 6.65. The first kappa shape index (κ1) is 23.4. The first-order valence-corrected chi connectivity index (χ1v) is 12.1. The number of pyridine rings is 1. The molecule has 2 aromatic heterocycles. The molecule has 0 spiro atoms. The van der Waals surface area contributed by atoms with Crippen LogP contribution >= 0.6 is 0 Å². The first-order valence-electron chi connectivity index (χ1n) is 12.1. The van der Waals surface area contributed by atoms with Crippen LogP contribution in [0.25, 0.3) is 11.0 Å². The molecule has 1 aliphatic heterocycles. The summed E-state index contributed by atoms with van der Waals surface area (Å²) in [6.07, 6.45) is 3.69. The molecule has 4 rings (SSSR count). The van der Waals surface area contributed by atoms with E-state index in [1.165, 1.54) is 37.1 Å². The number of nitrogens with zero attached hydrogens (tertiary/aromatic N) is 4. The molecule has 176 valence electrons. The van der Waals surface area contributed by atoms with E-state index < -0.39 is 0 Å². The van der Waals surface area contributed by atoms with Crippen LogP contribution in [0.1, 0.15) is 68.1 Å². The van der Waals surface area contributed by atoms with Crippen LogP contribution in [0.3, 0.4) is 0 Å². The molecule has 0 aliphatic carbocycles. The molecule has 1 N–H and O–H groups in total. The van der Waals surface area contributed by atoms with Crippen molar-refractivity contribution in [2.24, 2.45) is 0 Å². The first-order chi connectivity index (χ1) is 15.6. The van der Waals surface area contributed by atoms with Gasteiger partial charge in [-0.2, -0.15) is 5.10 Å². The van der Waals surface area contributed by atoms with Crippen LogP contribution in [0.2, 0.25) is 0 Å². The van der Waals surface area contributed by atoms with E-state index in [4.69, 9.17) is 10.1 Å². The summed E-state index contributed by atoms with van der Waals surface area (Å²) in [5, 5.41) is 8.93. The normalized spacial score (nSPS) is 14.8. The standard InChI is InChI=1S/C27H37N5O/c1-18-23(19(2)28-26-25(18)20(3)30-32(26)27(4,5)6)13-14-24(33)29-22-11-9-21(10-12-22)17-31-15-7-8-16-31/h9-12H,7-8,13-17H2,1-6H3,(H,29,33). The van der Waals surface area contributed by atoms with Crippen LogP contribution in [-0.2, 0) is 23.3 Å². The van der Waals surface area contributed by atoms with Crippen molar-refractivity contribution in [1.29, 1.82) is 0 Å². The number of carbonyl (C=O) groups is 1. The number of hydrogen-bond acceptors (Lipinski definition) is 4. The molecule has 0 unspecified atom stereocenters. The summed E-state index contributed by atoms with van der Waals surface area (Å²) < 4.78 is 2.02. The van der Waals surface area contributed by atoms with E-state index in [1.807, 2.05) is 30.7 Å². The maximum absolute atomic E-state index is 12.7. The van der Waals surface area contributed by atoms with E-state index >= 15 is 0 Å². The number of carbonyl (C=O) groups excluding carboxylic acids is 1. The van der Waals surface area contributed by atoms with Crippen molar-refractivity contribution in [2.45, 2.75) is 79.3 Å². The summed E-state index contributed by atoms with van der Waals surface area (Å²) in [7, 11) is 0. The highest BCUT2D eigenvalue weighted by molar-refractivity contribution is 5.91. The van der Waals surface area contributed by atoms with E-state index in [-0.39, 0.29) is 11.4 Å². The highest BCUT2D eigenvalue weighted by Crippen LogP contribution is 2.29. The fraction of sp³-hybridized carbons (Fsp3) is 0.519. The van der Waals surface area contributed by atoms with Crippen molar-refractivity contribution in [3.05, 3.63) is 52.3 Å². The zero-order chi connectivity index (χ0) is 23.8. The van der Waals surface area contributed by atoms with E-state index in [9.17, 15) is 4.79 Å². The molecule has 1 amide bonds. The minimum absolute atomic E-state index is 0.0308. The number of likely N-dealkylation sites (tertiary alicyclic amines) is 1. The van der Waals surface area contributed by atoms with Gasteiger partial charge in [0.25, 0.3) is 0 Å². The largest absolute Gasteiger partial charge is 0.326 e. The number of benzene rings is 1. The van der Waals surface area contributed by atoms with E-state index in [1.54, 1.807) is 0 Å². The van der Waals surface area contributed by atoms with Gasteiger partial charge in [0.1, 0.15) is 0 Å². The van der Waals surface area contributed by atoms with Gasteiger partial charge in [-0.25, -0.2) is 9.67 Å². The van der Waals surface area contributed by atoms with E-state index in [0.717, 1.165) is 40.2 Å². The predicted molar refractivity (Wildman–Crippen MR) is 135 cm³/mol. The van der Waals surface area contributed by atoms with Crippen LogP contribution < -0.4 is 5.32 Å². The second-order valence-electron chi connectivity index (χ2n) is 10.4. The fourth-order valence-corrected chi connectivity index (χ4v) is 4.90. The number of aromatic nitrogens is 3. The molecule has 1 aromatic carbocycles. The Morgan fingerprint density at radius 1 is 1.03 bits per heavy atom. The molecular weight excluding hydrogens is 410 g/mol. The van der Waals surface area contributed by atoms with Gasteiger partial charge in [-0.15, -0.1) is 0 Å².